The Morgan fingerprint density at radius 2 is 2.17 bits per heavy atom. The zero-order valence-electron chi connectivity index (χ0n) is 12.7. The number of hydrogen-bond donors (Lipinski definition) is 1. The summed E-state index contributed by atoms with van der Waals surface area (Å²) in [5.41, 5.74) is 1.42. The molecule has 5 nitrogen and oxygen atoms in total. The van der Waals surface area contributed by atoms with Crippen LogP contribution in [0.2, 0.25) is 0 Å². The fourth-order valence-corrected chi connectivity index (χ4v) is 3.64. The maximum atomic E-state index is 13.9. The molecular weight excluding hydrogens is 332 g/mol. The zero-order valence-corrected chi connectivity index (χ0v) is 13.6. The van der Waals surface area contributed by atoms with Crippen LogP contribution in [0.25, 0.3) is 22.0 Å². The largest absolute Gasteiger partial charge is 0.315 e. The van der Waals surface area contributed by atoms with Gasteiger partial charge in [0.15, 0.2) is 0 Å². The second-order valence-corrected chi connectivity index (χ2v) is 6.60. The molecule has 1 aromatic carbocycles. The van der Waals surface area contributed by atoms with E-state index in [0.29, 0.717) is 22.4 Å². The second kappa shape index (κ2) is 6.37. The molecule has 0 bridgehead atoms. The Kier molecular flexibility index (Phi) is 4.07. The Labute approximate surface area is 141 Å². The Morgan fingerprint density at radius 1 is 1.25 bits per heavy atom. The zero-order chi connectivity index (χ0) is 16.5. The Hall–Kier alpha value is -2.19. The molecular formula is C16H15F2N5S. The van der Waals surface area contributed by atoms with Crippen LogP contribution in [0, 0.1) is 11.6 Å². The quantitative estimate of drug-likeness (QED) is 0.790. The molecule has 0 spiro atoms. The highest BCUT2D eigenvalue weighted by Crippen LogP contribution is 2.30. The fourth-order valence-electron chi connectivity index (χ4n) is 2.81. The van der Waals surface area contributed by atoms with Gasteiger partial charge in [-0.2, -0.15) is 0 Å². The predicted octanol–water partition coefficient (Wildman–Crippen LogP) is 3.27. The summed E-state index contributed by atoms with van der Waals surface area (Å²) in [5.74, 6) is -0.979. The summed E-state index contributed by atoms with van der Waals surface area (Å²) in [6.45, 7) is 1.91. The van der Waals surface area contributed by atoms with Gasteiger partial charge in [0.2, 0.25) is 0 Å². The first-order chi connectivity index (χ1) is 11.7. The van der Waals surface area contributed by atoms with Gasteiger partial charge in [-0.1, -0.05) is 5.21 Å². The summed E-state index contributed by atoms with van der Waals surface area (Å²) in [7, 11) is 0. The van der Waals surface area contributed by atoms with Gasteiger partial charge in [0.05, 0.1) is 12.2 Å². The minimum absolute atomic E-state index is 0.162. The van der Waals surface area contributed by atoms with Gasteiger partial charge in [-0.05, 0) is 37.6 Å². The average molecular weight is 347 g/mol. The van der Waals surface area contributed by atoms with E-state index in [4.69, 9.17) is 0 Å². The van der Waals surface area contributed by atoms with Crippen LogP contribution >= 0.6 is 11.3 Å². The minimum atomic E-state index is -0.491. The van der Waals surface area contributed by atoms with Crippen LogP contribution < -0.4 is 5.32 Å². The van der Waals surface area contributed by atoms with Crippen molar-refractivity contribution in [3.8, 4) is 22.0 Å². The van der Waals surface area contributed by atoms with Gasteiger partial charge in [0.25, 0.3) is 0 Å². The molecule has 1 aliphatic rings. The van der Waals surface area contributed by atoms with Gasteiger partial charge < -0.3 is 5.32 Å². The van der Waals surface area contributed by atoms with Crippen LogP contribution in [-0.4, -0.2) is 33.1 Å². The van der Waals surface area contributed by atoms with E-state index < -0.39 is 11.6 Å². The van der Waals surface area contributed by atoms with Crippen molar-refractivity contribution in [3.63, 3.8) is 0 Å². The highest BCUT2D eigenvalue weighted by atomic mass is 32.1. The summed E-state index contributed by atoms with van der Waals surface area (Å²) in [4.78, 5) is 4.39. The van der Waals surface area contributed by atoms with Gasteiger partial charge in [0.1, 0.15) is 28.0 Å². The van der Waals surface area contributed by atoms with Crippen molar-refractivity contribution in [1.29, 1.82) is 0 Å². The van der Waals surface area contributed by atoms with E-state index in [2.05, 4.69) is 20.6 Å². The molecule has 2 aromatic heterocycles. The van der Waals surface area contributed by atoms with Crippen molar-refractivity contribution in [1.82, 2.24) is 25.3 Å². The van der Waals surface area contributed by atoms with Crippen molar-refractivity contribution in [3.05, 3.63) is 41.4 Å². The fraction of sp³-hybridized carbons (Fsp3) is 0.312. The van der Waals surface area contributed by atoms with Crippen LogP contribution in [0.4, 0.5) is 8.78 Å². The van der Waals surface area contributed by atoms with E-state index in [1.54, 1.807) is 5.38 Å². The molecule has 1 aliphatic heterocycles. The average Bonchev–Trinajstić information content (AvgIpc) is 3.27. The molecule has 0 radical (unpaired) electrons. The van der Waals surface area contributed by atoms with E-state index in [0.717, 1.165) is 44.1 Å². The smallest absolute Gasteiger partial charge is 0.133 e. The number of hydrogen-bond acceptors (Lipinski definition) is 5. The normalized spacial score (nSPS) is 18.0. The number of benzene rings is 1. The SMILES string of the molecule is Fc1ccc(F)c(-c2nc(-c3cn(C4CCCNC4)nn3)cs2)c1. The molecule has 1 atom stereocenters. The predicted molar refractivity (Wildman–Crippen MR) is 87.6 cm³/mol. The molecule has 4 rings (SSSR count). The summed E-state index contributed by atoms with van der Waals surface area (Å²) >= 11 is 1.26. The van der Waals surface area contributed by atoms with Gasteiger partial charge in [-0.3, -0.25) is 0 Å². The molecule has 0 saturated carbocycles. The van der Waals surface area contributed by atoms with Crippen molar-refractivity contribution < 1.29 is 8.78 Å². The van der Waals surface area contributed by atoms with Crippen LogP contribution in [0.1, 0.15) is 18.9 Å². The van der Waals surface area contributed by atoms with Crippen molar-refractivity contribution in [2.45, 2.75) is 18.9 Å². The molecule has 124 valence electrons. The van der Waals surface area contributed by atoms with Gasteiger partial charge >= 0.3 is 0 Å². The lowest BCUT2D eigenvalue weighted by Gasteiger charge is -2.22. The molecule has 1 N–H and O–H groups in total. The Balaban J connectivity index is 1.61. The monoisotopic (exact) mass is 347 g/mol. The van der Waals surface area contributed by atoms with Crippen LogP contribution in [-0.2, 0) is 0 Å². The van der Waals surface area contributed by atoms with E-state index in [1.807, 2.05) is 10.9 Å². The Morgan fingerprint density at radius 3 is 3.00 bits per heavy atom. The first kappa shape index (κ1) is 15.3. The number of nitrogens with zero attached hydrogens (tertiary/aromatic N) is 4. The molecule has 3 heterocycles. The van der Waals surface area contributed by atoms with E-state index in [1.165, 1.54) is 11.3 Å². The summed E-state index contributed by atoms with van der Waals surface area (Å²) in [5, 5.41) is 13.9. The number of rotatable bonds is 3. The first-order valence-corrected chi connectivity index (χ1v) is 8.62. The van der Waals surface area contributed by atoms with Crippen LogP contribution in [0.5, 0.6) is 0 Å². The van der Waals surface area contributed by atoms with Gasteiger partial charge in [-0.25, -0.2) is 18.4 Å². The molecule has 1 fully saturated rings. The number of thiazole rings is 1. The maximum Gasteiger partial charge on any atom is 0.133 e. The third kappa shape index (κ3) is 2.94. The molecule has 0 aliphatic carbocycles. The molecule has 0 amide bonds. The number of nitrogens with one attached hydrogen (secondary N) is 1. The second-order valence-electron chi connectivity index (χ2n) is 5.75. The molecule has 3 aromatic rings. The highest BCUT2D eigenvalue weighted by Gasteiger charge is 2.18. The summed E-state index contributed by atoms with van der Waals surface area (Å²) in [6, 6.07) is 3.65. The number of aromatic nitrogens is 4. The lowest BCUT2D eigenvalue weighted by Crippen LogP contribution is -2.31. The van der Waals surface area contributed by atoms with Crippen molar-refractivity contribution in [2.75, 3.05) is 13.1 Å². The lowest BCUT2D eigenvalue weighted by atomic mass is 10.1. The minimum Gasteiger partial charge on any atom is -0.315 e. The molecule has 24 heavy (non-hydrogen) atoms. The Bertz CT molecular complexity index is 854. The highest BCUT2D eigenvalue weighted by molar-refractivity contribution is 7.13. The third-order valence-corrected chi connectivity index (χ3v) is 4.96. The maximum absolute atomic E-state index is 13.9. The first-order valence-electron chi connectivity index (χ1n) is 7.74. The third-order valence-electron chi connectivity index (χ3n) is 4.08. The molecule has 1 unspecified atom stereocenters. The van der Waals surface area contributed by atoms with Crippen LogP contribution in [0.3, 0.4) is 0 Å². The topological polar surface area (TPSA) is 55.6 Å². The molecule has 8 heteroatoms. The molecule has 1 saturated heterocycles. The van der Waals surface area contributed by atoms with Crippen molar-refractivity contribution in [2.24, 2.45) is 0 Å². The van der Waals surface area contributed by atoms with E-state index >= 15 is 0 Å². The van der Waals surface area contributed by atoms with Crippen molar-refractivity contribution >= 4 is 11.3 Å². The van der Waals surface area contributed by atoms with E-state index in [9.17, 15) is 8.78 Å². The van der Waals surface area contributed by atoms with Crippen LogP contribution in [0.15, 0.2) is 29.8 Å². The summed E-state index contributed by atoms with van der Waals surface area (Å²) < 4.78 is 29.1. The van der Waals surface area contributed by atoms with Gasteiger partial charge in [-0.15, -0.1) is 16.4 Å². The number of piperidine rings is 1. The standard InChI is InChI=1S/C16H15F2N5S/c17-10-3-4-13(18)12(6-10)16-20-15(9-24-16)14-8-23(22-21-14)11-2-1-5-19-7-11/h3-4,6,8-9,11,19H,1-2,5,7H2. The summed E-state index contributed by atoms with van der Waals surface area (Å²) in [6.07, 6.45) is 4.03. The number of halogens is 2. The van der Waals surface area contributed by atoms with E-state index in [-0.39, 0.29) is 5.56 Å². The van der Waals surface area contributed by atoms with Gasteiger partial charge in [0, 0.05) is 17.5 Å². The lowest BCUT2D eigenvalue weighted by molar-refractivity contribution is 0.341.